The van der Waals surface area contributed by atoms with Crippen LogP contribution in [0.5, 0.6) is 0 Å². The van der Waals surface area contributed by atoms with Crippen LogP contribution in [-0.4, -0.2) is 0 Å². The van der Waals surface area contributed by atoms with Crippen molar-refractivity contribution in [3.63, 3.8) is 0 Å². The third-order valence-electron chi connectivity index (χ3n) is 2.70. The topological polar surface area (TPSA) is 85.6 Å². The van der Waals surface area contributed by atoms with E-state index in [0.29, 0.717) is 23.4 Å². The Morgan fingerprint density at radius 1 is 1.05 bits per heavy atom. The summed E-state index contributed by atoms with van der Waals surface area (Å²) in [6, 6.07) is 16.8. The number of hydrogen-bond acceptors (Lipinski definition) is 4. The lowest BCUT2D eigenvalue weighted by atomic mass is 10.1. The minimum absolute atomic E-state index is 0.395. The Bertz CT molecular complexity index is 660. The Balaban J connectivity index is 2.22. The second-order valence-electron chi connectivity index (χ2n) is 4.07. The summed E-state index contributed by atoms with van der Waals surface area (Å²) in [7, 11) is 0. The molecule has 3 N–H and O–H groups in total. The lowest BCUT2D eigenvalue weighted by Gasteiger charge is -2.10. The van der Waals surface area contributed by atoms with Crippen LogP contribution < -0.4 is 11.1 Å². The number of benzene rings is 2. The Hall–Kier alpha value is -2.98. The van der Waals surface area contributed by atoms with Gasteiger partial charge in [0.25, 0.3) is 0 Å². The van der Waals surface area contributed by atoms with E-state index in [0.717, 1.165) is 11.3 Å². The Morgan fingerprint density at radius 2 is 1.79 bits per heavy atom. The van der Waals surface area contributed by atoms with Crippen LogP contribution in [0.2, 0.25) is 0 Å². The normalized spacial score (nSPS) is 9.37. The van der Waals surface area contributed by atoms with E-state index < -0.39 is 0 Å². The quantitative estimate of drug-likeness (QED) is 0.818. The van der Waals surface area contributed by atoms with Gasteiger partial charge in [0, 0.05) is 5.69 Å². The molecule has 2 aromatic rings. The predicted molar refractivity (Wildman–Crippen MR) is 74.6 cm³/mol. The summed E-state index contributed by atoms with van der Waals surface area (Å²) in [6.45, 7) is 0. The van der Waals surface area contributed by atoms with Gasteiger partial charge in [0.2, 0.25) is 0 Å². The van der Waals surface area contributed by atoms with E-state index in [9.17, 15) is 0 Å². The van der Waals surface area contributed by atoms with Crippen molar-refractivity contribution in [3.05, 3.63) is 53.6 Å². The maximum absolute atomic E-state index is 8.87. The molecule has 0 saturated heterocycles. The number of hydrogen-bond donors (Lipinski definition) is 2. The van der Waals surface area contributed by atoms with Crippen LogP contribution in [0.3, 0.4) is 0 Å². The third kappa shape index (κ3) is 3.02. The molecule has 0 heterocycles. The van der Waals surface area contributed by atoms with Crippen LogP contribution in [0.15, 0.2) is 42.5 Å². The first-order valence-electron chi connectivity index (χ1n) is 5.75. The first kappa shape index (κ1) is 12.5. The summed E-state index contributed by atoms with van der Waals surface area (Å²) < 4.78 is 0. The third-order valence-corrected chi connectivity index (χ3v) is 2.70. The minimum atomic E-state index is 0.395. The van der Waals surface area contributed by atoms with Crippen LogP contribution in [0.25, 0.3) is 0 Å². The van der Waals surface area contributed by atoms with Crippen molar-refractivity contribution in [2.75, 3.05) is 11.1 Å². The molecular formula is C15H12N4. The van der Waals surface area contributed by atoms with Gasteiger partial charge in [0.1, 0.15) is 0 Å². The largest absolute Gasteiger partial charge is 0.397 e. The Kier molecular flexibility index (Phi) is 3.66. The molecule has 4 nitrogen and oxygen atoms in total. The average molecular weight is 248 g/mol. The van der Waals surface area contributed by atoms with Crippen molar-refractivity contribution in [3.8, 4) is 12.1 Å². The van der Waals surface area contributed by atoms with Crippen LogP contribution in [0.4, 0.5) is 17.1 Å². The number of nitrogens with zero attached hydrogens (tertiary/aromatic N) is 2. The molecule has 0 radical (unpaired) electrons. The molecule has 0 aromatic heterocycles. The molecule has 0 unspecified atom stereocenters. The highest BCUT2D eigenvalue weighted by molar-refractivity contribution is 5.74. The molecule has 0 bridgehead atoms. The van der Waals surface area contributed by atoms with Gasteiger partial charge in [-0.25, -0.2) is 0 Å². The number of nitrogens with two attached hydrogens (primary N) is 1. The highest BCUT2D eigenvalue weighted by Crippen LogP contribution is 2.24. The fourth-order valence-electron chi connectivity index (χ4n) is 1.69. The molecule has 0 aliphatic rings. The average Bonchev–Trinajstić information content (AvgIpc) is 2.44. The maximum Gasteiger partial charge on any atom is 0.0992 e. The molecule has 4 heteroatoms. The van der Waals surface area contributed by atoms with Crippen molar-refractivity contribution in [1.82, 2.24) is 0 Å². The molecule has 0 amide bonds. The zero-order valence-corrected chi connectivity index (χ0v) is 10.2. The molecule has 2 rings (SSSR count). The molecular weight excluding hydrogens is 236 g/mol. The highest BCUT2D eigenvalue weighted by Gasteiger charge is 2.02. The molecule has 92 valence electrons. The lowest BCUT2D eigenvalue weighted by molar-refractivity contribution is 1.26. The van der Waals surface area contributed by atoms with E-state index in [2.05, 4.69) is 17.5 Å². The zero-order chi connectivity index (χ0) is 13.7. The standard InChI is InChI=1S/C15H12N4/c16-8-7-11-1-4-13(5-2-11)19-15-9-12(10-17)3-6-14(15)18/h1-6,9,19H,7,18H2. The maximum atomic E-state index is 8.87. The molecule has 0 spiro atoms. The van der Waals surface area contributed by atoms with Crippen molar-refractivity contribution < 1.29 is 0 Å². The van der Waals surface area contributed by atoms with Gasteiger partial charge in [-0.3, -0.25) is 0 Å². The molecule has 2 aromatic carbocycles. The summed E-state index contributed by atoms with van der Waals surface area (Å²) in [6.07, 6.45) is 0.395. The molecule has 0 fully saturated rings. The first-order chi connectivity index (χ1) is 9.22. The van der Waals surface area contributed by atoms with E-state index in [1.807, 2.05) is 24.3 Å². The molecule has 0 aliphatic heterocycles. The van der Waals surface area contributed by atoms with Gasteiger partial charge in [-0.1, -0.05) is 12.1 Å². The fourth-order valence-corrected chi connectivity index (χ4v) is 1.69. The summed E-state index contributed by atoms with van der Waals surface area (Å²) in [5.74, 6) is 0. The van der Waals surface area contributed by atoms with Gasteiger partial charge in [-0.2, -0.15) is 10.5 Å². The van der Waals surface area contributed by atoms with Crippen molar-refractivity contribution in [2.24, 2.45) is 0 Å². The summed E-state index contributed by atoms with van der Waals surface area (Å²) in [5.41, 5.74) is 9.52. The predicted octanol–water partition coefficient (Wildman–Crippen LogP) is 2.95. The number of rotatable bonds is 3. The Labute approximate surface area is 111 Å². The van der Waals surface area contributed by atoms with Crippen LogP contribution in [0, 0.1) is 22.7 Å². The van der Waals surface area contributed by atoms with Crippen LogP contribution in [0.1, 0.15) is 11.1 Å². The highest BCUT2D eigenvalue weighted by atomic mass is 14.9. The summed E-state index contributed by atoms with van der Waals surface area (Å²) in [5, 5.41) is 20.6. The number of nitrogen functional groups attached to an aromatic ring is 1. The second kappa shape index (κ2) is 5.57. The monoisotopic (exact) mass is 248 g/mol. The van der Waals surface area contributed by atoms with Crippen LogP contribution in [-0.2, 0) is 6.42 Å². The zero-order valence-electron chi connectivity index (χ0n) is 10.2. The number of anilines is 3. The number of nitriles is 2. The van der Waals surface area contributed by atoms with Gasteiger partial charge < -0.3 is 11.1 Å². The van der Waals surface area contributed by atoms with E-state index >= 15 is 0 Å². The van der Waals surface area contributed by atoms with Crippen LogP contribution >= 0.6 is 0 Å². The van der Waals surface area contributed by atoms with Gasteiger partial charge in [-0.15, -0.1) is 0 Å². The molecule has 0 atom stereocenters. The minimum Gasteiger partial charge on any atom is -0.397 e. The molecule has 0 aliphatic carbocycles. The van der Waals surface area contributed by atoms with Crippen molar-refractivity contribution in [2.45, 2.75) is 6.42 Å². The van der Waals surface area contributed by atoms with Gasteiger partial charge in [0.15, 0.2) is 0 Å². The smallest absolute Gasteiger partial charge is 0.0992 e. The summed E-state index contributed by atoms with van der Waals surface area (Å²) in [4.78, 5) is 0. The summed E-state index contributed by atoms with van der Waals surface area (Å²) >= 11 is 0. The van der Waals surface area contributed by atoms with Gasteiger partial charge >= 0.3 is 0 Å². The van der Waals surface area contributed by atoms with E-state index in [1.165, 1.54) is 0 Å². The lowest BCUT2D eigenvalue weighted by Crippen LogP contribution is -1.97. The first-order valence-corrected chi connectivity index (χ1v) is 5.75. The number of nitrogens with one attached hydrogen (secondary N) is 1. The van der Waals surface area contributed by atoms with Crippen molar-refractivity contribution >= 4 is 17.1 Å². The van der Waals surface area contributed by atoms with Crippen molar-refractivity contribution in [1.29, 1.82) is 10.5 Å². The molecule has 0 saturated carbocycles. The molecule has 19 heavy (non-hydrogen) atoms. The van der Waals surface area contributed by atoms with E-state index in [-0.39, 0.29) is 0 Å². The van der Waals surface area contributed by atoms with Gasteiger partial charge in [0.05, 0.1) is 35.5 Å². The fraction of sp³-hybridized carbons (Fsp3) is 0.0667. The second-order valence-corrected chi connectivity index (χ2v) is 4.07. The Morgan fingerprint density at radius 3 is 2.42 bits per heavy atom. The SMILES string of the molecule is N#CCc1ccc(Nc2cc(C#N)ccc2N)cc1. The van der Waals surface area contributed by atoms with E-state index in [1.54, 1.807) is 18.2 Å². The van der Waals surface area contributed by atoms with Gasteiger partial charge in [-0.05, 0) is 35.9 Å². The van der Waals surface area contributed by atoms with E-state index in [4.69, 9.17) is 16.3 Å².